The second-order valence-electron chi connectivity index (χ2n) is 4.05. The topological polar surface area (TPSA) is 53.1 Å². The van der Waals surface area contributed by atoms with Gasteiger partial charge in [-0.15, -0.1) is 0 Å². The van der Waals surface area contributed by atoms with E-state index in [1.807, 2.05) is 42.9 Å². The Bertz CT molecular complexity index is 485. The summed E-state index contributed by atoms with van der Waals surface area (Å²) < 4.78 is 7.71. The predicted molar refractivity (Wildman–Crippen MR) is 68.0 cm³/mol. The van der Waals surface area contributed by atoms with Gasteiger partial charge in [-0.1, -0.05) is 12.1 Å². The molecular formula is C13H17N3O. The second kappa shape index (κ2) is 4.91. The van der Waals surface area contributed by atoms with Gasteiger partial charge < -0.3 is 15.0 Å². The van der Waals surface area contributed by atoms with Gasteiger partial charge in [0.1, 0.15) is 11.6 Å². The molecule has 0 unspecified atom stereocenters. The molecule has 0 aliphatic heterocycles. The van der Waals surface area contributed by atoms with Gasteiger partial charge in [0.15, 0.2) is 0 Å². The van der Waals surface area contributed by atoms with Crippen LogP contribution in [0.15, 0.2) is 30.6 Å². The third-order valence-electron chi connectivity index (χ3n) is 2.74. The molecular weight excluding hydrogens is 214 g/mol. The molecule has 2 rings (SSSR count). The van der Waals surface area contributed by atoms with E-state index in [1.54, 1.807) is 6.20 Å². The van der Waals surface area contributed by atoms with Crippen molar-refractivity contribution in [3.8, 4) is 5.75 Å². The number of aryl methyl sites for hydroxylation is 2. The molecule has 0 aliphatic carbocycles. The van der Waals surface area contributed by atoms with E-state index in [0.717, 1.165) is 23.6 Å². The molecule has 0 saturated heterocycles. The lowest BCUT2D eigenvalue weighted by Gasteiger charge is -2.11. The minimum Gasteiger partial charge on any atom is -0.491 e. The van der Waals surface area contributed by atoms with E-state index in [-0.39, 0.29) is 0 Å². The lowest BCUT2D eigenvalue weighted by molar-refractivity contribution is 0.317. The first-order valence-electron chi connectivity index (χ1n) is 5.62. The van der Waals surface area contributed by atoms with E-state index in [1.165, 1.54) is 0 Å². The van der Waals surface area contributed by atoms with E-state index < -0.39 is 0 Å². The number of rotatable bonds is 4. The summed E-state index contributed by atoms with van der Waals surface area (Å²) in [5.74, 6) is 1.79. The highest BCUT2D eigenvalue weighted by atomic mass is 16.5. The van der Waals surface area contributed by atoms with Gasteiger partial charge in [0.05, 0.1) is 12.3 Å². The Morgan fingerprint density at radius 1 is 1.41 bits per heavy atom. The van der Waals surface area contributed by atoms with E-state index >= 15 is 0 Å². The van der Waals surface area contributed by atoms with Gasteiger partial charge in [0, 0.05) is 25.9 Å². The standard InChI is InChI=1S/C13H17N3O/c1-10-4-3-5-11(14)13(10)17-9-6-12-15-7-8-16(12)2/h3-5,7-8H,6,9,14H2,1-2H3. The normalized spacial score (nSPS) is 10.5. The molecule has 4 heteroatoms. The minimum absolute atomic E-state index is 0.583. The number of nitrogen functional groups attached to an aromatic ring is 1. The maximum absolute atomic E-state index is 5.86. The summed E-state index contributed by atoms with van der Waals surface area (Å²) >= 11 is 0. The monoisotopic (exact) mass is 231 g/mol. The number of nitrogens with two attached hydrogens (primary N) is 1. The first-order valence-corrected chi connectivity index (χ1v) is 5.62. The second-order valence-corrected chi connectivity index (χ2v) is 4.05. The molecule has 0 radical (unpaired) electrons. The number of benzene rings is 1. The number of nitrogens with zero attached hydrogens (tertiary/aromatic N) is 2. The molecule has 2 N–H and O–H groups in total. The van der Waals surface area contributed by atoms with Crippen LogP contribution >= 0.6 is 0 Å². The molecule has 0 amide bonds. The number of aromatic nitrogens is 2. The van der Waals surface area contributed by atoms with E-state index in [4.69, 9.17) is 10.5 Å². The summed E-state index contributed by atoms with van der Waals surface area (Å²) in [7, 11) is 1.98. The Kier molecular flexibility index (Phi) is 3.32. The Labute approximate surface area is 101 Å². The molecule has 0 bridgehead atoms. The van der Waals surface area contributed by atoms with Gasteiger partial charge in [-0.3, -0.25) is 0 Å². The van der Waals surface area contributed by atoms with Crippen molar-refractivity contribution in [3.05, 3.63) is 42.0 Å². The highest BCUT2D eigenvalue weighted by molar-refractivity contribution is 5.56. The van der Waals surface area contributed by atoms with Gasteiger partial charge in [-0.2, -0.15) is 0 Å². The molecule has 1 aromatic carbocycles. The van der Waals surface area contributed by atoms with Crippen LogP contribution in [0.2, 0.25) is 0 Å². The highest BCUT2D eigenvalue weighted by Gasteiger charge is 2.05. The average molecular weight is 231 g/mol. The van der Waals surface area contributed by atoms with Crippen LogP contribution in [-0.4, -0.2) is 16.2 Å². The van der Waals surface area contributed by atoms with Crippen molar-refractivity contribution < 1.29 is 4.74 Å². The Hall–Kier alpha value is -1.97. The van der Waals surface area contributed by atoms with Crippen molar-refractivity contribution >= 4 is 5.69 Å². The van der Waals surface area contributed by atoms with E-state index in [2.05, 4.69) is 4.98 Å². The Balaban J connectivity index is 1.97. The quantitative estimate of drug-likeness (QED) is 0.818. The minimum atomic E-state index is 0.583. The number of para-hydroxylation sites is 1. The van der Waals surface area contributed by atoms with E-state index in [9.17, 15) is 0 Å². The van der Waals surface area contributed by atoms with Crippen LogP contribution in [0.25, 0.3) is 0 Å². The van der Waals surface area contributed by atoms with Crippen molar-refractivity contribution in [1.29, 1.82) is 0 Å². The Morgan fingerprint density at radius 2 is 2.24 bits per heavy atom. The van der Waals surface area contributed by atoms with Crippen LogP contribution in [0, 0.1) is 6.92 Å². The molecule has 4 nitrogen and oxygen atoms in total. The fraction of sp³-hybridized carbons (Fsp3) is 0.308. The zero-order valence-corrected chi connectivity index (χ0v) is 10.2. The lowest BCUT2D eigenvalue weighted by Crippen LogP contribution is -2.08. The van der Waals surface area contributed by atoms with Crippen LogP contribution in [0.4, 0.5) is 5.69 Å². The predicted octanol–water partition coefficient (Wildman–Crippen LogP) is 1.93. The number of ether oxygens (including phenoxy) is 1. The van der Waals surface area contributed by atoms with Crippen molar-refractivity contribution in [1.82, 2.24) is 9.55 Å². The molecule has 2 aromatic rings. The molecule has 0 fully saturated rings. The average Bonchev–Trinajstić information content (AvgIpc) is 2.69. The van der Waals surface area contributed by atoms with Crippen molar-refractivity contribution in [2.24, 2.45) is 7.05 Å². The van der Waals surface area contributed by atoms with Crippen LogP contribution in [0.5, 0.6) is 5.75 Å². The van der Waals surface area contributed by atoms with Crippen LogP contribution < -0.4 is 10.5 Å². The summed E-state index contributed by atoms with van der Waals surface area (Å²) in [6.45, 7) is 2.58. The number of imidazole rings is 1. The molecule has 90 valence electrons. The molecule has 1 heterocycles. The number of anilines is 1. The molecule has 0 aliphatic rings. The van der Waals surface area contributed by atoms with Gasteiger partial charge in [0.2, 0.25) is 0 Å². The van der Waals surface area contributed by atoms with Gasteiger partial charge in [-0.05, 0) is 18.6 Å². The highest BCUT2D eigenvalue weighted by Crippen LogP contribution is 2.25. The Morgan fingerprint density at radius 3 is 2.88 bits per heavy atom. The molecule has 0 atom stereocenters. The molecule has 0 saturated carbocycles. The smallest absolute Gasteiger partial charge is 0.145 e. The first-order chi connectivity index (χ1) is 8.18. The summed E-state index contributed by atoms with van der Waals surface area (Å²) in [6, 6.07) is 5.77. The van der Waals surface area contributed by atoms with Crippen molar-refractivity contribution in [2.45, 2.75) is 13.3 Å². The number of hydrogen-bond acceptors (Lipinski definition) is 3. The van der Waals surface area contributed by atoms with Crippen LogP contribution in [0.3, 0.4) is 0 Å². The SMILES string of the molecule is Cc1cccc(N)c1OCCc1nccn1C. The number of hydrogen-bond donors (Lipinski definition) is 1. The maximum atomic E-state index is 5.86. The van der Waals surface area contributed by atoms with Gasteiger partial charge in [-0.25, -0.2) is 4.98 Å². The van der Waals surface area contributed by atoms with Crippen molar-refractivity contribution in [3.63, 3.8) is 0 Å². The molecule has 17 heavy (non-hydrogen) atoms. The fourth-order valence-electron chi connectivity index (χ4n) is 1.75. The third-order valence-corrected chi connectivity index (χ3v) is 2.74. The maximum Gasteiger partial charge on any atom is 0.145 e. The molecule has 0 spiro atoms. The fourth-order valence-corrected chi connectivity index (χ4v) is 1.75. The summed E-state index contributed by atoms with van der Waals surface area (Å²) in [6.07, 6.45) is 4.49. The van der Waals surface area contributed by atoms with Gasteiger partial charge >= 0.3 is 0 Å². The summed E-state index contributed by atoms with van der Waals surface area (Å²) in [5, 5.41) is 0. The van der Waals surface area contributed by atoms with Crippen LogP contribution in [-0.2, 0) is 13.5 Å². The summed E-state index contributed by atoms with van der Waals surface area (Å²) in [5.41, 5.74) is 7.61. The van der Waals surface area contributed by atoms with Gasteiger partial charge in [0.25, 0.3) is 0 Å². The van der Waals surface area contributed by atoms with E-state index in [0.29, 0.717) is 12.3 Å². The first kappa shape index (κ1) is 11.5. The van der Waals surface area contributed by atoms with Crippen LogP contribution in [0.1, 0.15) is 11.4 Å². The summed E-state index contributed by atoms with van der Waals surface area (Å²) in [4.78, 5) is 4.24. The molecule has 1 aromatic heterocycles. The third kappa shape index (κ3) is 2.58. The van der Waals surface area contributed by atoms with Crippen molar-refractivity contribution in [2.75, 3.05) is 12.3 Å². The lowest BCUT2D eigenvalue weighted by atomic mass is 10.2. The zero-order chi connectivity index (χ0) is 12.3. The largest absolute Gasteiger partial charge is 0.491 e. The zero-order valence-electron chi connectivity index (χ0n) is 10.2.